The van der Waals surface area contributed by atoms with Gasteiger partial charge in [-0.15, -0.1) is 0 Å². The Kier molecular flexibility index (Phi) is 4.94. The van der Waals surface area contributed by atoms with E-state index in [1.807, 2.05) is 11.8 Å². The van der Waals surface area contributed by atoms with Crippen LogP contribution in [0, 0.1) is 0 Å². The van der Waals surface area contributed by atoms with Crippen molar-refractivity contribution in [3.8, 4) is 0 Å². The number of nitrogens with two attached hydrogens (primary N) is 1. The van der Waals surface area contributed by atoms with Crippen LogP contribution >= 0.6 is 0 Å². The fourth-order valence-electron chi connectivity index (χ4n) is 2.21. The molecule has 4 N–H and O–H groups in total. The normalized spacial score (nSPS) is 23.5. The summed E-state index contributed by atoms with van der Waals surface area (Å²) in [5.74, 6) is -0.0963. The summed E-state index contributed by atoms with van der Waals surface area (Å²) < 4.78 is 5.45. The third-order valence-corrected chi connectivity index (χ3v) is 3.36. The number of aliphatic hydroxyl groups is 1. The number of carbonyl (C=O) groups is 1. The summed E-state index contributed by atoms with van der Waals surface area (Å²) in [4.78, 5) is 14.0. The van der Waals surface area contributed by atoms with Gasteiger partial charge in [-0.1, -0.05) is 6.07 Å². The first-order valence-corrected chi connectivity index (χ1v) is 6.70. The lowest BCUT2D eigenvalue weighted by Gasteiger charge is -2.36. The maximum Gasteiger partial charge on any atom is 0.238 e. The fraction of sp³-hybridized carbons (Fsp3) is 0.500. The number of nitrogens with zero attached hydrogens (tertiary/aromatic N) is 1. The molecule has 1 fully saturated rings. The highest BCUT2D eigenvalue weighted by molar-refractivity contribution is 5.92. The first-order valence-electron chi connectivity index (χ1n) is 6.70. The van der Waals surface area contributed by atoms with Crippen molar-refractivity contribution in [2.75, 3.05) is 37.4 Å². The van der Waals surface area contributed by atoms with E-state index in [0.29, 0.717) is 24.5 Å². The highest BCUT2D eigenvalue weighted by Gasteiger charge is 2.26. The van der Waals surface area contributed by atoms with Gasteiger partial charge in [-0.3, -0.25) is 9.69 Å². The molecule has 0 aromatic heterocycles. The van der Waals surface area contributed by atoms with Crippen LogP contribution < -0.4 is 11.1 Å². The van der Waals surface area contributed by atoms with Crippen LogP contribution in [-0.4, -0.2) is 54.4 Å². The van der Waals surface area contributed by atoms with Crippen molar-refractivity contribution in [2.45, 2.75) is 19.1 Å². The summed E-state index contributed by atoms with van der Waals surface area (Å²) in [5.41, 5.74) is 6.97. The molecule has 20 heavy (non-hydrogen) atoms. The van der Waals surface area contributed by atoms with Gasteiger partial charge in [-0.2, -0.15) is 0 Å². The zero-order valence-corrected chi connectivity index (χ0v) is 11.6. The van der Waals surface area contributed by atoms with Crippen LogP contribution in [0.25, 0.3) is 0 Å². The largest absolute Gasteiger partial charge is 0.399 e. The second-order valence-electron chi connectivity index (χ2n) is 5.09. The molecule has 0 saturated carbocycles. The van der Waals surface area contributed by atoms with Crippen LogP contribution in [0.5, 0.6) is 0 Å². The average molecular weight is 279 g/mol. The molecule has 110 valence electrons. The van der Waals surface area contributed by atoms with Crippen LogP contribution in [0.15, 0.2) is 24.3 Å². The second kappa shape index (κ2) is 6.69. The van der Waals surface area contributed by atoms with Crippen molar-refractivity contribution >= 4 is 17.3 Å². The molecule has 1 heterocycles. The summed E-state index contributed by atoms with van der Waals surface area (Å²) in [6.07, 6.45) is -0.216. The van der Waals surface area contributed by atoms with E-state index in [9.17, 15) is 4.79 Å². The van der Waals surface area contributed by atoms with Crippen LogP contribution in [-0.2, 0) is 9.53 Å². The SMILES string of the molecule is CC1COC(CO)CN1CC(=O)Nc1cccc(N)c1. The summed E-state index contributed by atoms with van der Waals surface area (Å²) in [5, 5.41) is 11.9. The van der Waals surface area contributed by atoms with Gasteiger partial charge in [0.25, 0.3) is 0 Å². The number of hydrogen-bond acceptors (Lipinski definition) is 5. The molecule has 1 aromatic rings. The molecule has 2 unspecified atom stereocenters. The zero-order valence-electron chi connectivity index (χ0n) is 11.6. The summed E-state index contributed by atoms with van der Waals surface area (Å²) in [7, 11) is 0. The highest BCUT2D eigenvalue weighted by atomic mass is 16.5. The maximum absolute atomic E-state index is 12.0. The van der Waals surface area contributed by atoms with Gasteiger partial charge < -0.3 is 20.9 Å². The molecule has 2 rings (SSSR count). The smallest absolute Gasteiger partial charge is 0.238 e. The van der Waals surface area contributed by atoms with Gasteiger partial charge in [0.2, 0.25) is 5.91 Å². The van der Waals surface area contributed by atoms with Crippen molar-refractivity contribution in [1.82, 2.24) is 4.90 Å². The highest BCUT2D eigenvalue weighted by Crippen LogP contribution is 2.14. The van der Waals surface area contributed by atoms with Crippen LogP contribution in [0.4, 0.5) is 11.4 Å². The Balaban J connectivity index is 1.90. The van der Waals surface area contributed by atoms with E-state index in [0.717, 1.165) is 0 Å². The molecule has 0 spiro atoms. The number of anilines is 2. The molecule has 1 amide bonds. The molecule has 2 atom stereocenters. The number of rotatable bonds is 4. The topological polar surface area (TPSA) is 87.8 Å². The Morgan fingerprint density at radius 2 is 2.40 bits per heavy atom. The number of ether oxygens (including phenoxy) is 1. The number of benzene rings is 1. The van der Waals surface area contributed by atoms with E-state index < -0.39 is 0 Å². The van der Waals surface area contributed by atoms with Crippen molar-refractivity contribution in [3.63, 3.8) is 0 Å². The minimum atomic E-state index is -0.216. The number of nitrogens with one attached hydrogen (secondary N) is 1. The molecule has 6 heteroatoms. The molecular formula is C14H21N3O3. The summed E-state index contributed by atoms with van der Waals surface area (Å²) >= 11 is 0. The zero-order chi connectivity index (χ0) is 14.5. The standard InChI is InChI=1S/C14H21N3O3/c1-10-9-20-13(8-18)6-17(10)7-14(19)16-12-4-2-3-11(15)5-12/h2-5,10,13,18H,6-9,15H2,1H3,(H,16,19). The van der Waals surface area contributed by atoms with Crippen LogP contribution in [0.1, 0.15) is 6.92 Å². The number of carbonyl (C=O) groups excluding carboxylic acids is 1. The third-order valence-electron chi connectivity index (χ3n) is 3.36. The molecule has 1 aromatic carbocycles. The number of aliphatic hydroxyl groups excluding tert-OH is 1. The third kappa shape index (κ3) is 3.93. The van der Waals surface area contributed by atoms with E-state index in [-0.39, 0.29) is 31.2 Å². The summed E-state index contributed by atoms with van der Waals surface area (Å²) in [6, 6.07) is 7.24. The van der Waals surface area contributed by atoms with E-state index >= 15 is 0 Å². The van der Waals surface area contributed by atoms with E-state index in [1.54, 1.807) is 24.3 Å². The molecule has 6 nitrogen and oxygen atoms in total. The Labute approximate surface area is 118 Å². The number of amides is 1. The van der Waals surface area contributed by atoms with Gasteiger partial charge in [0.05, 0.1) is 25.9 Å². The second-order valence-corrected chi connectivity index (χ2v) is 5.09. The lowest BCUT2D eigenvalue weighted by Crippen LogP contribution is -2.51. The van der Waals surface area contributed by atoms with Crippen LogP contribution in [0.3, 0.4) is 0 Å². The minimum absolute atomic E-state index is 0.0277. The fourth-order valence-corrected chi connectivity index (χ4v) is 2.21. The van der Waals surface area contributed by atoms with Gasteiger partial charge in [0.15, 0.2) is 0 Å². The van der Waals surface area contributed by atoms with Gasteiger partial charge in [-0.05, 0) is 25.1 Å². The molecule has 0 radical (unpaired) electrons. The Morgan fingerprint density at radius 1 is 1.60 bits per heavy atom. The van der Waals surface area contributed by atoms with Gasteiger partial charge in [0.1, 0.15) is 0 Å². The van der Waals surface area contributed by atoms with E-state index in [4.69, 9.17) is 15.6 Å². The van der Waals surface area contributed by atoms with E-state index in [1.165, 1.54) is 0 Å². The van der Waals surface area contributed by atoms with E-state index in [2.05, 4.69) is 5.32 Å². The molecular weight excluding hydrogens is 258 g/mol. The van der Waals surface area contributed by atoms with Crippen molar-refractivity contribution in [3.05, 3.63) is 24.3 Å². The first kappa shape index (κ1) is 14.8. The maximum atomic E-state index is 12.0. The predicted molar refractivity (Wildman–Crippen MR) is 77.3 cm³/mol. The van der Waals surface area contributed by atoms with Crippen molar-refractivity contribution in [1.29, 1.82) is 0 Å². The molecule has 1 saturated heterocycles. The molecule has 0 aliphatic carbocycles. The lowest BCUT2D eigenvalue weighted by atomic mass is 10.2. The van der Waals surface area contributed by atoms with Gasteiger partial charge in [0, 0.05) is 24.0 Å². The quantitative estimate of drug-likeness (QED) is 0.689. The molecule has 1 aliphatic rings. The van der Waals surface area contributed by atoms with Crippen molar-refractivity contribution in [2.24, 2.45) is 0 Å². The molecule has 1 aliphatic heterocycles. The number of hydrogen-bond donors (Lipinski definition) is 3. The minimum Gasteiger partial charge on any atom is -0.399 e. The number of morpholine rings is 1. The number of nitrogen functional groups attached to an aromatic ring is 1. The first-order chi connectivity index (χ1) is 9.58. The predicted octanol–water partition coefficient (Wildman–Crippen LogP) is 0.289. The Bertz CT molecular complexity index is 467. The average Bonchev–Trinajstić information content (AvgIpc) is 2.41. The lowest BCUT2D eigenvalue weighted by molar-refractivity contribution is -0.122. The Hall–Kier alpha value is -1.63. The summed E-state index contributed by atoms with van der Waals surface area (Å²) in [6.45, 7) is 3.33. The Morgan fingerprint density at radius 3 is 3.10 bits per heavy atom. The van der Waals surface area contributed by atoms with Crippen molar-refractivity contribution < 1.29 is 14.6 Å². The van der Waals surface area contributed by atoms with Crippen LogP contribution in [0.2, 0.25) is 0 Å². The van der Waals surface area contributed by atoms with Gasteiger partial charge >= 0.3 is 0 Å². The monoisotopic (exact) mass is 279 g/mol. The molecule has 0 bridgehead atoms. The van der Waals surface area contributed by atoms with Gasteiger partial charge in [-0.25, -0.2) is 0 Å².